The summed E-state index contributed by atoms with van der Waals surface area (Å²) < 4.78 is 14.3. The summed E-state index contributed by atoms with van der Waals surface area (Å²) in [5.74, 6) is -0.359. The van der Waals surface area contributed by atoms with Crippen LogP contribution in [0.2, 0.25) is 0 Å². The Morgan fingerprint density at radius 2 is 1.95 bits per heavy atom. The van der Waals surface area contributed by atoms with E-state index in [-0.39, 0.29) is 5.82 Å². The Labute approximate surface area is 125 Å². The molecule has 2 rings (SSSR count). The molecule has 2 aromatic carbocycles. The zero-order valence-electron chi connectivity index (χ0n) is 10.2. The Hall–Kier alpha value is -1.46. The van der Waals surface area contributed by atoms with Crippen LogP contribution in [0.15, 0.2) is 46.9 Å². The highest BCUT2D eigenvalue weighted by Crippen LogP contribution is 2.19. The maximum atomic E-state index is 13.6. The zero-order valence-corrected chi connectivity index (χ0v) is 12.6. The van der Waals surface area contributed by atoms with Crippen molar-refractivity contribution in [2.45, 2.75) is 6.92 Å². The molecule has 0 heterocycles. The number of nitrogens with one attached hydrogen (secondary N) is 2. The van der Waals surface area contributed by atoms with Crippen molar-refractivity contribution in [3.05, 3.63) is 58.3 Å². The molecule has 0 spiro atoms. The molecule has 0 saturated carbocycles. The summed E-state index contributed by atoms with van der Waals surface area (Å²) in [6.07, 6.45) is 0. The van der Waals surface area contributed by atoms with Crippen molar-refractivity contribution in [3.8, 4) is 0 Å². The lowest BCUT2D eigenvalue weighted by molar-refractivity contribution is 0.631. The van der Waals surface area contributed by atoms with Crippen molar-refractivity contribution in [2.75, 3.05) is 10.6 Å². The Morgan fingerprint density at radius 3 is 2.63 bits per heavy atom. The van der Waals surface area contributed by atoms with Gasteiger partial charge in [-0.05, 0) is 55.0 Å². The molecule has 2 nitrogen and oxygen atoms in total. The minimum atomic E-state index is -0.359. The molecular formula is C14H12BrFN2S. The summed E-state index contributed by atoms with van der Waals surface area (Å²) in [5, 5.41) is 6.20. The summed E-state index contributed by atoms with van der Waals surface area (Å²) in [6.45, 7) is 2.00. The number of thiocarbonyl (C=S) groups is 1. The maximum Gasteiger partial charge on any atom is 0.175 e. The molecule has 19 heavy (non-hydrogen) atoms. The largest absolute Gasteiger partial charge is 0.332 e. The number of aryl methyl sites for hydroxylation is 1. The molecule has 0 atom stereocenters. The van der Waals surface area contributed by atoms with Gasteiger partial charge in [0.05, 0.1) is 5.69 Å². The fourth-order valence-electron chi connectivity index (χ4n) is 1.60. The van der Waals surface area contributed by atoms with E-state index in [0.717, 1.165) is 11.3 Å². The van der Waals surface area contributed by atoms with Crippen molar-refractivity contribution in [1.29, 1.82) is 0 Å². The highest BCUT2D eigenvalue weighted by molar-refractivity contribution is 9.10. The molecule has 0 aromatic heterocycles. The van der Waals surface area contributed by atoms with Gasteiger partial charge < -0.3 is 10.6 Å². The van der Waals surface area contributed by atoms with E-state index < -0.39 is 0 Å². The summed E-state index contributed by atoms with van der Waals surface area (Å²) in [6, 6.07) is 12.6. The smallest absolute Gasteiger partial charge is 0.175 e. The fraction of sp³-hybridized carbons (Fsp3) is 0.0714. The van der Waals surface area contributed by atoms with E-state index in [9.17, 15) is 4.39 Å². The van der Waals surface area contributed by atoms with Gasteiger partial charge in [0.15, 0.2) is 5.11 Å². The molecule has 2 aromatic rings. The average Bonchev–Trinajstić information content (AvgIpc) is 2.33. The summed E-state index contributed by atoms with van der Waals surface area (Å²) in [7, 11) is 0. The topological polar surface area (TPSA) is 24.1 Å². The van der Waals surface area contributed by atoms with Crippen LogP contribution in [0.4, 0.5) is 15.8 Å². The van der Waals surface area contributed by atoms with Crippen molar-refractivity contribution in [3.63, 3.8) is 0 Å². The van der Waals surface area contributed by atoms with Crippen molar-refractivity contribution in [2.24, 2.45) is 0 Å². The number of rotatable bonds is 2. The van der Waals surface area contributed by atoms with Crippen LogP contribution in [-0.4, -0.2) is 5.11 Å². The lowest BCUT2D eigenvalue weighted by Crippen LogP contribution is -2.19. The van der Waals surface area contributed by atoms with Gasteiger partial charge >= 0.3 is 0 Å². The van der Waals surface area contributed by atoms with Gasteiger partial charge in [-0.2, -0.15) is 0 Å². The van der Waals surface area contributed by atoms with Crippen LogP contribution < -0.4 is 10.6 Å². The SMILES string of the molecule is Cc1cccc(NC(=S)Nc2ccc(Br)cc2F)c1. The predicted molar refractivity (Wildman–Crippen MR) is 85.1 cm³/mol. The monoisotopic (exact) mass is 338 g/mol. The van der Waals surface area contributed by atoms with E-state index in [1.165, 1.54) is 6.07 Å². The van der Waals surface area contributed by atoms with Gasteiger partial charge in [-0.15, -0.1) is 0 Å². The maximum absolute atomic E-state index is 13.6. The van der Waals surface area contributed by atoms with Crippen LogP contribution in [0.3, 0.4) is 0 Å². The van der Waals surface area contributed by atoms with Gasteiger partial charge in [0.1, 0.15) is 5.82 Å². The standard InChI is InChI=1S/C14H12BrFN2S/c1-9-3-2-4-11(7-9)17-14(19)18-13-6-5-10(15)8-12(13)16/h2-8H,1H3,(H2,17,18,19). The highest BCUT2D eigenvalue weighted by Gasteiger charge is 2.05. The fourth-order valence-corrected chi connectivity index (χ4v) is 2.16. The lowest BCUT2D eigenvalue weighted by Gasteiger charge is -2.11. The van der Waals surface area contributed by atoms with Gasteiger partial charge in [-0.1, -0.05) is 28.1 Å². The molecule has 0 aliphatic heterocycles. The normalized spacial score (nSPS) is 10.1. The molecule has 0 bridgehead atoms. The zero-order chi connectivity index (χ0) is 13.8. The Morgan fingerprint density at radius 1 is 1.16 bits per heavy atom. The molecule has 2 N–H and O–H groups in total. The van der Waals surface area contributed by atoms with Gasteiger partial charge in [0, 0.05) is 10.2 Å². The summed E-state index contributed by atoms with van der Waals surface area (Å²) in [4.78, 5) is 0. The molecule has 0 radical (unpaired) electrons. The van der Waals surface area contributed by atoms with Crippen LogP contribution in [0.25, 0.3) is 0 Å². The summed E-state index contributed by atoms with van der Waals surface area (Å²) in [5.41, 5.74) is 2.34. The van der Waals surface area contributed by atoms with E-state index in [2.05, 4.69) is 26.6 Å². The number of benzene rings is 2. The van der Waals surface area contributed by atoms with Crippen LogP contribution in [0.1, 0.15) is 5.56 Å². The second kappa shape index (κ2) is 6.12. The first kappa shape index (κ1) is 14.0. The van der Waals surface area contributed by atoms with Gasteiger partial charge in [0.25, 0.3) is 0 Å². The third-order valence-corrected chi connectivity index (χ3v) is 3.15. The molecule has 0 unspecified atom stereocenters. The Bertz CT molecular complexity index is 616. The first-order chi connectivity index (χ1) is 9.04. The average molecular weight is 339 g/mol. The van der Waals surface area contributed by atoms with E-state index in [0.29, 0.717) is 15.3 Å². The first-order valence-corrected chi connectivity index (χ1v) is 6.84. The Balaban J connectivity index is 2.05. The Kier molecular flexibility index (Phi) is 4.50. The van der Waals surface area contributed by atoms with E-state index in [4.69, 9.17) is 12.2 Å². The minimum absolute atomic E-state index is 0.341. The predicted octanol–water partition coefficient (Wildman–Crippen LogP) is 4.71. The first-order valence-electron chi connectivity index (χ1n) is 5.64. The van der Waals surface area contributed by atoms with E-state index >= 15 is 0 Å². The molecule has 5 heteroatoms. The molecule has 98 valence electrons. The van der Waals surface area contributed by atoms with Crippen molar-refractivity contribution in [1.82, 2.24) is 0 Å². The molecule has 0 aliphatic carbocycles. The minimum Gasteiger partial charge on any atom is -0.332 e. The van der Waals surface area contributed by atoms with Crippen molar-refractivity contribution >= 4 is 44.6 Å². The lowest BCUT2D eigenvalue weighted by atomic mass is 10.2. The molecular weight excluding hydrogens is 327 g/mol. The number of anilines is 2. The molecule has 0 amide bonds. The van der Waals surface area contributed by atoms with E-state index in [1.807, 2.05) is 31.2 Å². The number of halogens is 2. The second-order valence-electron chi connectivity index (χ2n) is 4.07. The van der Waals surface area contributed by atoms with Crippen molar-refractivity contribution < 1.29 is 4.39 Å². The molecule has 0 aliphatic rings. The van der Waals surface area contributed by atoms with Gasteiger partial charge in [-0.25, -0.2) is 4.39 Å². The van der Waals surface area contributed by atoms with E-state index in [1.54, 1.807) is 12.1 Å². The third kappa shape index (κ3) is 4.01. The third-order valence-electron chi connectivity index (χ3n) is 2.46. The van der Waals surface area contributed by atoms with Crippen LogP contribution >= 0.6 is 28.1 Å². The van der Waals surface area contributed by atoms with Gasteiger partial charge in [0.2, 0.25) is 0 Å². The van der Waals surface area contributed by atoms with Crippen LogP contribution in [0.5, 0.6) is 0 Å². The number of hydrogen-bond acceptors (Lipinski definition) is 1. The second-order valence-corrected chi connectivity index (χ2v) is 5.40. The highest BCUT2D eigenvalue weighted by atomic mass is 79.9. The summed E-state index contributed by atoms with van der Waals surface area (Å²) >= 11 is 8.36. The molecule has 0 fully saturated rings. The van der Waals surface area contributed by atoms with Crippen LogP contribution in [0, 0.1) is 12.7 Å². The van der Waals surface area contributed by atoms with Crippen LogP contribution in [-0.2, 0) is 0 Å². The van der Waals surface area contributed by atoms with Gasteiger partial charge in [-0.3, -0.25) is 0 Å². The molecule has 0 saturated heterocycles. The quantitative estimate of drug-likeness (QED) is 0.775. The number of hydrogen-bond donors (Lipinski definition) is 2.